The van der Waals surface area contributed by atoms with Gasteiger partial charge < -0.3 is 38.8 Å². The van der Waals surface area contributed by atoms with E-state index in [1.807, 2.05) is 0 Å². The van der Waals surface area contributed by atoms with Gasteiger partial charge in [-0.2, -0.15) is 8.62 Å². The Hall–Kier alpha value is -1.36. The lowest BCUT2D eigenvalue weighted by molar-refractivity contribution is -0.199. The first-order valence-electron chi connectivity index (χ1n) is 9.68. The number of nitrogens with one attached hydrogen (secondary N) is 1. The average molecular weight is 562 g/mol. The molecule has 0 spiro atoms. The molecule has 2 saturated heterocycles. The van der Waals surface area contributed by atoms with Gasteiger partial charge in [0, 0.05) is 0 Å². The molecule has 5 N–H and O–H groups in total. The second-order valence-corrected chi connectivity index (χ2v) is 12.4. The molecule has 35 heavy (non-hydrogen) atoms. The molecule has 21 heteroatoms. The van der Waals surface area contributed by atoms with Crippen LogP contribution >= 0.6 is 23.5 Å². The van der Waals surface area contributed by atoms with Gasteiger partial charge in [-0.15, -0.1) is 0 Å². The highest BCUT2D eigenvalue weighted by molar-refractivity contribution is 7.66. The van der Waals surface area contributed by atoms with Crippen molar-refractivity contribution < 1.29 is 60.6 Å². The van der Waals surface area contributed by atoms with Crippen LogP contribution in [0.15, 0.2) is 11.1 Å². The number of phosphoric acid groups is 3. The lowest BCUT2D eigenvalue weighted by Gasteiger charge is -2.25. The first kappa shape index (κ1) is 26.7. The molecule has 2 aliphatic heterocycles. The number of hydrogen-bond acceptors (Lipinski definition) is 12. The lowest BCUT2D eigenvalue weighted by Crippen LogP contribution is -2.32. The Bertz CT molecular complexity index is 1340. The van der Waals surface area contributed by atoms with Crippen molar-refractivity contribution in [3.8, 4) is 0 Å². The van der Waals surface area contributed by atoms with Gasteiger partial charge >= 0.3 is 23.5 Å². The van der Waals surface area contributed by atoms with Gasteiger partial charge in [-0.25, -0.2) is 23.7 Å². The van der Waals surface area contributed by atoms with Crippen LogP contribution in [-0.4, -0.2) is 69.8 Å². The van der Waals surface area contributed by atoms with Gasteiger partial charge in [-0.3, -0.25) is 13.9 Å². The Labute approximate surface area is 195 Å². The minimum atomic E-state index is -5.68. The number of H-pyrrole nitrogens is 1. The van der Waals surface area contributed by atoms with Gasteiger partial charge in [-0.05, 0) is 20.8 Å². The molecular formula is C14H21N4O14P3. The highest BCUT2D eigenvalue weighted by Crippen LogP contribution is 2.66. The molecule has 0 amide bonds. The number of hydrogen-bond donors (Lipinski definition) is 5. The van der Waals surface area contributed by atoms with E-state index in [0.29, 0.717) is 5.82 Å². The Morgan fingerprint density at radius 1 is 1.11 bits per heavy atom. The van der Waals surface area contributed by atoms with Gasteiger partial charge in [0.05, 0.1) is 12.9 Å². The molecule has 196 valence electrons. The largest absolute Gasteiger partial charge is 0.490 e. The molecule has 0 bridgehead atoms. The van der Waals surface area contributed by atoms with E-state index in [0.717, 1.165) is 0 Å². The molecule has 0 aliphatic carbocycles. The summed E-state index contributed by atoms with van der Waals surface area (Å²) < 4.78 is 65.5. The first-order valence-corrected chi connectivity index (χ1v) is 14.2. The third-order valence-electron chi connectivity index (χ3n) is 4.77. The molecule has 2 aliphatic rings. The smallest absolute Gasteiger partial charge is 0.347 e. The Morgan fingerprint density at radius 2 is 1.77 bits per heavy atom. The Balaban J connectivity index is 1.55. The zero-order valence-electron chi connectivity index (χ0n) is 18.1. The normalized spacial score (nSPS) is 29.7. The van der Waals surface area contributed by atoms with Crippen LogP contribution in [0.3, 0.4) is 0 Å². The summed E-state index contributed by atoms with van der Waals surface area (Å²) >= 11 is 0. The van der Waals surface area contributed by atoms with E-state index >= 15 is 0 Å². The fourth-order valence-corrected chi connectivity index (χ4v) is 6.74. The molecule has 0 radical (unpaired) electrons. The van der Waals surface area contributed by atoms with E-state index in [1.165, 1.54) is 10.9 Å². The van der Waals surface area contributed by atoms with Crippen molar-refractivity contribution in [3.05, 3.63) is 22.5 Å². The molecule has 6 atom stereocenters. The Morgan fingerprint density at radius 3 is 2.43 bits per heavy atom. The molecule has 2 aromatic heterocycles. The number of ether oxygens (including phenoxy) is 3. The molecule has 0 aromatic carbocycles. The maximum absolute atomic E-state index is 12.2. The molecule has 18 nitrogen and oxygen atoms in total. The number of nitrogens with zero attached hydrogens (tertiary/aromatic N) is 3. The fourth-order valence-electron chi connectivity index (χ4n) is 3.71. The number of aromatic amines is 1. The van der Waals surface area contributed by atoms with Crippen molar-refractivity contribution in [1.82, 2.24) is 19.5 Å². The average Bonchev–Trinajstić information content (AvgIpc) is 3.28. The quantitative estimate of drug-likeness (QED) is 0.269. The SMILES string of the molecule is Cc1nc2c(ncn2[C@@H]2O[C@H](COP(=O)(O)OP(=O)(O)OP(=O)(O)O)C3OC(C)(C)O[C@@H]32)c(=O)[nH]1. The van der Waals surface area contributed by atoms with Crippen molar-refractivity contribution in [1.29, 1.82) is 0 Å². The maximum atomic E-state index is 12.2. The summed E-state index contributed by atoms with van der Waals surface area (Å²) in [6.45, 7) is 4.04. The maximum Gasteiger partial charge on any atom is 0.490 e. The number of aryl methyl sites for hydroxylation is 1. The fraction of sp³-hybridized carbons (Fsp3) is 0.643. The van der Waals surface area contributed by atoms with E-state index in [-0.39, 0.29) is 11.2 Å². The summed E-state index contributed by atoms with van der Waals surface area (Å²) in [5, 5.41) is 0. The second-order valence-electron chi connectivity index (χ2n) is 7.99. The zero-order chi connectivity index (χ0) is 26.0. The number of rotatable bonds is 8. The van der Waals surface area contributed by atoms with E-state index in [1.54, 1.807) is 20.8 Å². The standard InChI is InChI=1S/C14H21N4O14P3/c1-6-16-11-8(12(19)17-6)15-5-18(11)13-10-9(29-14(2,3)30-10)7(28-13)4-27-34(23,24)32-35(25,26)31-33(20,21)22/h5,7,9-10,13H,4H2,1-3H3,(H,23,24)(H,25,26)(H,16,17,19)(H2,20,21,22)/t7-,9?,10+,13-/m1/s1. The van der Waals surface area contributed by atoms with Crippen LogP contribution in [0.1, 0.15) is 25.9 Å². The van der Waals surface area contributed by atoms with Gasteiger partial charge in [0.1, 0.15) is 24.1 Å². The van der Waals surface area contributed by atoms with Crippen LogP contribution in [0.25, 0.3) is 11.2 Å². The molecule has 2 fully saturated rings. The van der Waals surface area contributed by atoms with Gasteiger partial charge in [0.15, 0.2) is 23.2 Å². The van der Waals surface area contributed by atoms with Crippen molar-refractivity contribution in [2.75, 3.05) is 6.61 Å². The van der Waals surface area contributed by atoms with E-state index in [2.05, 4.69) is 23.6 Å². The van der Waals surface area contributed by atoms with Gasteiger partial charge in [-0.1, -0.05) is 0 Å². The van der Waals surface area contributed by atoms with Crippen LogP contribution in [0.4, 0.5) is 0 Å². The highest BCUT2D eigenvalue weighted by Gasteiger charge is 2.57. The van der Waals surface area contributed by atoms with Crippen molar-refractivity contribution in [2.45, 2.75) is 51.1 Å². The third kappa shape index (κ3) is 5.97. The molecule has 3 unspecified atom stereocenters. The molecular weight excluding hydrogens is 541 g/mol. The first-order chi connectivity index (χ1) is 16.0. The van der Waals surface area contributed by atoms with Crippen molar-refractivity contribution >= 4 is 34.6 Å². The van der Waals surface area contributed by atoms with Crippen LogP contribution in [-0.2, 0) is 41.1 Å². The lowest BCUT2D eigenvalue weighted by atomic mass is 10.1. The molecule has 0 saturated carbocycles. The van der Waals surface area contributed by atoms with Crippen molar-refractivity contribution in [2.24, 2.45) is 0 Å². The van der Waals surface area contributed by atoms with Crippen molar-refractivity contribution in [3.63, 3.8) is 0 Å². The van der Waals surface area contributed by atoms with Crippen LogP contribution in [0, 0.1) is 6.92 Å². The minimum absolute atomic E-state index is 0.0330. The second kappa shape index (κ2) is 8.89. The summed E-state index contributed by atoms with van der Waals surface area (Å²) in [4.78, 5) is 59.3. The number of imidazole rings is 1. The number of aromatic nitrogens is 4. The van der Waals surface area contributed by atoms with Crippen LogP contribution in [0.5, 0.6) is 0 Å². The minimum Gasteiger partial charge on any atom is -0.347 e. The monoisotopic (exact) mass is 562 g/mol. The third-order valence-corrected chi connectivity index (χ3v) is 8.57. The number of fused-ring (bicyclic) bond motifs is 2. The summed E-state index contributed by atoms with van der Waals surface area (Å²) in [7, 11) is -16.6. The van der Waals surface area contributed by atoms with Crippen LogP contribution in [0.2, 0.25) is 0 Å². The predicted octanol–water partition coefficient (Wildman–Crippen LogP) is 0.189. The molecule has 2 aromatic rings. The van der Waals surface area contributed by atoms with Crippen LogP contribution < -0.4 is 5.56 Å². The summed E-state index contributed by atoms with van der Waals surface area (Å²) in [6.07, 6.45) is -2.50. The topological polar surface area (TPSA) is 251 Å². The van der Waals surface area contributed by atoms with Gasteiger partial charge in [0.25, 0.3) is 5.56 Å². The van der Waals surface area contributed by atoms with E-state index < -0.39 is 66.0 Å². The summed E-state index contributed by atoms with van der Waals surface area (Å²) in [5.74, 6) is -0.795. The number of phosphoric ester groups is 1. The zero-order valence-corrected chi connectivity index (χ0v) is 20.8. The van der Waals surface area contributed by atoms with Gasteiger partial charge in [0.2, 0.25) is 0 Å². The summed E-state index contributed by atoms with van der Waals surface area (Å²) in [6, 6.07) is 0. The predicted molar refractivity (Wildman–Crippen MR) is 110 cm³/mol. The molecule has 4 rings (SSSR count). The van der Waals surface area contributed by atoms with E-state index in [4.69, 9.17) is 28.5 Å². The van der Waals surface area contributed by atoms with E-state index in [9.17, 15) is 28.3 Å². The molecule has 4 heterocycles. The highest BCUT2D eigenvalue weighted by atomic mass is 31.3. The summed E-state index contributed by atoms with van der Waals surface area (Å²) in [5.41, 5.74) is -0.267. The Kier molecular flexibility index (Phi) is 6.78.